The number of hydrogen-bond acceptors (Lipinski definition) is 2. The number of hydrogen-bond donors (Lipinski definition) is 1. The molecule has 3 heteroatoms. The summed E-state index contributed by atoms with van der Waals surface area (Å²) in [6, 6.07) is 7.54. The highest BCUT2D eigenvalue weighted by molar-refractivity contribution is 5.94. The molecular formula is C12H15NO2. The lowest BCUT2D eigenvalue weighted by Crippen LogP contribution is -2.20. The number of rotatable bonds is 2. The standard InChI is InChI=1S/C12H15NO2/c13-12(14)11-6-2-1-5-10(11)9-4-3-7-15-8-9/h1-2,5-6,9H,3-4,7-8H2,(H2,13,14). The number of amides is 1. The molecule has 15 heavy (non-hydrogen) atoms. The number of carbonyl (C=O) groups excluding carboxylic acids is 1. The van der Waals surface area contributed by atoms with Crippen LogP contribution in [0.15, 0.2) is 24.3 Å². The van der Waals surface area contributed by atoms with Gasteiger partial charge in [0.2, 0.25) is 5.91 Å². The monoisotopic (exact) mass is 205 g/mol. The number of nitrogens with two attached hydrogens (primary N) is 1. The first-order valence-corrected chi connectivity index (χ1v) is 5.25. The second kappa shape index (κ2) is 4.45. The van der Waals surface area contributed by atoms with Crippen LogP contribution in [0.4, 0.5) is 0 Å². The molecule has 2 N–H and O–H groups in total. The third-order valence-electron chi connectivity index (χ3n) is 2.83. The lowest BCUT2D eigenvalue weighted by atomic mass is 9.90. The van der Waals surface area contributed by atoms with E-state index >= 15 is 0 Å². The Morgan fingerprint density at radius 2 is 2.20 bits per heavy atom. The van der Waals surface area contributed by atoms with Crippen molar-refractivity contribution in [1.82, 2.24) is 0 Å². The van der Waals surface area contributed by atoms with Crippen molar-refractivity contribution in [3.8, 4) is 0 Å². The minimum absolute atomic E-state index is 0.322. The molecule has 0 aliphatic carbocycles. The maximum absolute atomic E-state index is 11.2. The number of carbonyl (C=O) groups is 1. The Hall–Kier alpha value is -1.35. The summed E-state index contributed by atoms with van der Waals surface area (Å²) < 4.78 is 5.42. The van der Waals surface area contributed by atoms with E-state index in [2.05, 4.69) is 0 Å². The summed E-state index contributed by atoms with van der Waals surface area (Å²) in [5, 5.41) is 0. The van der Waals surface area contributed by atoms with Crippen LogP contribution in [0, 0.1) is 0 Å². The van der Waals surface area contributed by atoms with Crippen molar-refractivity contribution in [2.75, 3.05) is 13.2 Å². The van der Waals surface area contributed by atoms with E-state index in [9.17, 15) is 4.79 Å². The molecule has 1 amide bonds. The van der Waals surface area contributed by atoms with Crippen molar-refractivity contribution in [2.24, 2.45) is 5.73 Å². The average Bonchev–Trinajstić information content (AvgIpc) is 2.30. The molecule has 1 saturated heterocycles. The zero-order valence-corrected chi connectivity index (χ0v) is 8.61. The molecule has 1 aliphatic rings. The summed E-state index contributed by atoms with van der Waals surface area (Å²) in [7, 11) is 0. The first-order valence-electron chi connectivity index (χ1n) is 5.25. The van der Waals surface area contributed by atoms with Gasteiger partial charge in [0.25, 0.3) is 0 Å². The Labute approximate surface area is 89.2 Å². The van der Waals surface area contributed by atoms with Crippen LogP contribution in [0.3, 0.4) is 0 Å². The minimum Gasteiger partial charge on any atom is -0.381 e. The zero-order chi connectivity index (χ0) is 10.7. The van der Waals surface area contributed by atoms with Crippen LogP contribution in [0.25, 0.3) is 0 Å². The van der Waals surface area contributed by atoms with Gasteiger partial charge in [0, 0.05) is 18.1 Å². The second-order valence-corrected chi connectivity index (χ2v) is 3.87. The van der Waals surface area contributed by atoms with Gasteiger partial charge in [-0.1, -0.05) is 18.2 Å². The fourth-order valence-corrected chi connectivity index (χ4v) is 2.06. The lowest BCUT2D eigenvalue weighted by molar-refractivity contribution is 0.0797. The first kappa shape index (κ1) is 10.2. The van der Waals surface area contributed by atoms with Crippen LogP contribution < -0.4 is 5.73 Å². The average molecular weight is 205 g/mol. The van der Waals surface area contributed by atoms with Gasteiger partial charge in [-0.3, -0.25) is 4.79 Å². The van der Waals surface area contributed by atoms with Crippen LogP contribution in [-0.4, -0.2) is 19.1 Å². The molecule has 1 atom stereocenters. The van der Waals surface area contributed by atoms with Gasteiger partial charge in [-0.25, -0.2) is 0 Å². The minimum atomic E-state index is -0.351. The van der Waals surface area contributed by atoms with Gasteiger partial charge in [-0.05, 0) is 24.5 Å². The zero-order valence-electron chi connectivity index (χ0n) is 8.61. The summed E-state index contributed by atoms with van der Waals surface area (Å²) in [6.45, 7) is 1.53. The third kappa shape index (κ3) is 2.18. The molecule has 0 bridgehead atoms. The summed E-state index contributed by atoms with van der Waals surface area (Å²) in [4.78, 5) is 11.2. The fourth-order valence-electron chi connectivity index (χ4n) is 2.06. The number of primary amides is 1. The smallest absolute Gasteiger partial charge is 0.248 e. The van der Waals surface area contributed by atoms with Crippen LogP contribution in [0.5, 0.6) is 0 Å². The molecule has 80 valence electrons. The van der Waals surface area contributed by atoms with Crippen LogP contribution in [-0.2, 0) is 4.74 Å². The summed E-state index contributed by atoms with van der Waals surface area (Å²) in [6.07, 6.45) is 2.13. The number of ether oxygens (including phenoxy) is 1. The summed E-state index contributed by atoms with van der Waals surface area (Å²) in [5.41, 5.74) is 7.01. The fraction of sp³-hybridized carbons (Fsp3) is 0.417. The molecule has 1 heterocycles. The van der Waals surface area contributed by atoms with E-state index in [0.717, 1.165) is 25.0 Å². The van der Waals surface area contributed by atoms with Gasteiger partial charge in [0.1, 0.15) is 0 Å². The molecule has 0 radical (unpaired) electrons. The molecule has 2 rings (SSSR count). The van der Waals surface area contributed by atoms with Gasteiger partial charge >= 0.3 is 0 Å². The van der Waals surface area contributed by atoms with Crippen LogP contribution in [0.1, 0.15) is 34.7 Å². The van der Waals surface area contributed by atoms with Gasteiger partial charge in [-0.15, -0.1) is 0 Å². The van der Waals surface area contributed by atoms with E-state index in [-0.39, 0.29) is 5.91 Å². The molecule has 0 aromatic heterocycles. The predicted molar refractivity (Wildman–Crippen MR) is 57.8 cm³/mol. The van der Waals surface area contributed by atoms with Crippen molar-refractivity contribution >= 4 is 5.91 Å². The van der Waals surface area contributed by atoms with E-state index in [0.29, 0.717) is 18.1 Å². The molecule has 1 aromatic carbocycles. The van der Waals surface area contributed by atoms with Crippen molar-refractivity contribution in [2.45, 2.75) is 18.8 Å². The van der Waals surface area contributed by atoms with Gasteiger partial charge < -0.3 is 10.5 Å². The Bertz CT molecular complexity index is 356. The molecular weight excluding hydrogens is 190 g/mol. The van der Waals surface area contributed by atoms with Crippen molar-refractivity contribution < 1.29 is 9.53 Å². The predicted octanol–water partition coefficient (Wildman–Crippen LogP) is 1.68. The lowest BCUT2D eigenvalue weighted by Gasteiger charge is -2.23. The Balaban J connectivity index is 2.29. The highest BCUT2D eigenvalue weighted by atomic mass is 16.5. The van der Waals surface area contributed by atoms with Crippen LogP contribution >= 0.6 is 0 Å². The first-order chi connectivity index (χ1) is 7.29. The van der Waals surface area contributed by atoms with Crippen molar-refractivity contribution in [3.05, 3.63) is 35.4 Å². The maximum atomic E-state index is 11.2. The Morgan fingerprint density at radius 3 is 2.87 bits per heavy atom. The highest BCUT2D eigenvalue weighted by Gasteiger charge is 2.20. The van der Waals surface area contributed by atoms with Gasteiger partial charge in [0.15, 0.2) is 0 Å². The van der Waals surface area contributed by atoms with Crippen LogP contribution in [0.2, 0.25) is 0 Å². The number of benzene rings is 1. The molecule has 1 aromatic rings. The van der Waals surface area contributed by atoms with E-state index in [1.165, 1.54) is 0 Å². The molecule has 0 spiro atoms. The second-order valence-electron chi connectivity index (χ2n) is 3.87. The van der Waals surface area contributed by atoms with E-state index in [4.69, 9.17) is 10.5 Å². The van der Waals surface area contributed by atoms with E-state index in [1.807, 2.05) is 18.2 Å². The topological polar surface area (TPSA) is 52.3 Å². The molecule has 1 aliphatic heterocycles. The molecule has 1 unspecified atom stereocenters. The summed E-state index contributed by atoms with van der Waals surface area (Å²) >= 11 is 0. The third-order valence-corrected chi connectivity index (χ3v) is 2.83. The highest BCUT2D eigenvalue weighted by Crippen LogP contribution is 2.27. The van der Waals surface area contributed by atoms with Crippen molar-refractivity contribution in [1.29, 1.82) is 0 Å². The Kier molecular flexibility index (Phi) is 3.02. The van der Waals surface area contributed by atoms with E-state index < -0.39 is 0 Å². The van der Waals surface area contributed by atoms with Gasteiger partial charge in [-0.2, -0.15) is 0 Å². The normalized spacial score (nSPS) is 21.2. The largest absolute Gasteiger partial charge is 0.381 e. The SMILES string of the molecule is NC(=O)c1ccccc1C1CCCOC1. The maximum Gasteiger partial charge on any atom is 0.248 e. The molecule has 3 nitrogen and oxygen atoms in total. The molecule has 0 saturated carbocycles. The quantitative estimate of drug-likeness (QED) is 0.798. The van der Waals surface area contributed by atoms with Gasteiger partial charge in [0.05, 0.1) is 6.61 Å². The molecule has 1 fully saturated rings. The Morgan fingerprint density at radius 1 is 1.40 bits per heavy atom. The van der Waals surface area contributed by atoms with E-state index in [1.54, 1.807) is 6.07 Å². The van der Waals surface area contributed by atoms with Crippen molar-refractivity contribution in [3.63, 3.8) is 0 Å². The summed E-state index contributed by atoms with van der Waals surface area (Å²) in [5.74, 6) is -0.0291.